The summed E-state index contributed by atoms with van der Waals surface area (Å²) in [6.07, 6.45) is 1.72. The number of hydrogen-bond donors (Lipinski definition) is 1. The van der Waals surface area contributed by atoms with Crippen LogP contribution in [0.25, 0.3) is 11.3 Å². The maximum absolute atomic E-state index is 5.85. The average molecular weight is 333 g/mol. The minimum Gasteiger partial charge on any atom is -0.359 e. The van der Waals surface area contributed by atoms with Crippen molar-refractivity contribution in [2.45, 2.75) is 19.9 Å². The van der Waals surface area contributed by atoms with Gasteiger partial charge in [0.25, 0.3) is 0 Å². The molecule has 0 aliphatic heterocycles. The normalized spacial score (nSPS) is 10.9. The molecule has 0 saturated heterocycles. The Morgan fingerprint density at radius 2 is 2.24 bits per heavy atom. The number of aromatic nitrogens is 2. The molecule has 3 nitrogen and oxygen atoms in total. The predicted molar refractivity (Wildman–Crippen MR) is 76.8 cm³/mol. The molecular formula is C11H11BrClN3S. The van der Waals surface area contributed by atoms with E-state index in [2.05, 4.69) is 45.1 Å². The Morgan fingerprint density at radius 1 is 1.47 bits per heavy atom. The van der Waals surface area contributed by atoms with Crippen molar-refractivity contribution in [3.05, 3.63) is 27.3 Å². The molecule has 0 aromatic carbocycles. The fourth-order valence-corrected chi connectivity index (χ4v) is 2.60. The van der Waals surface area contributed by atoms with Crippen LogP contribution in [0.15, 0.2) is 22.1 Å². The molecule has 6 heteroatoms. The van der Waals surface area contributed by atoms with Crippen LogP contribution in [0.5, 0.6) is 0 Å². The van der Waals surface area contributed by atoms with E-state index < -0.39 is 0 Å². The lowest BCUT2D eigenvalue weighted by Gasteiger charge is -2.04. The zero-order valence-electron chi connectivity index (χ0n) is 9.37. The molecule has 0 spiro atoms. The van der Waals surface area contributed by atoms with Crippen molar-refractivity contribution in [3.8, 4) is 11.3 Å². The summed E-state index contributed by atoms with van der Waals surface area (Å²) in [5.74, 6) is 0. The van der Waals surface area contributed by atoms with Gasteiger partial charge in [0, 0.05) is 23.2 Å². The third kappa shape index (κ3) is 3.18. The van der Waals surface area contributed by atoms with Crippen molar-refractivity contribution >= 4 is 44.0 Å². The Morgan fingerprint density at radius 3 is 2.88 bits per heavy atom. The first-order valence-corrected chi connectivity index (χ1v) is 7.15. The lowest BCUT2D eigenvalue weighted by atomic mass is 10.2. The molecule has 2 heterocycles. The molecular weight excluding hydrogens is 322 g/mol. The van der Waals surface area contributed by atoms with E-state index in [0.717, 1.165) is 20.9 Å². The van der Waals surface area contributed by atoms with Crippen LogP contribution in [0.2, 0.25) is 5.15 Å². The van der Waals surface area contributed by atoms with Crippen molar-refractivity contribution in [3.63, 3.8) is 0 Å². The SMILES string of the molecule is CC(C)Nc1nc(-c2cnc(Cl)c(Br)c2)cs1. The molecule has 2 aromatic rings. The quantitative estimate of drug-likeness (QED) is 0.844. The summed E-state index contributed by atoms with van der Waals surface area (Å²) in [6, 6.07) is 2.30. The molecule has 0 amide bonds. The first kappa shape index (κ1) is 12.8. The minimum atomic E-state index is 0.379. The fourth-order valence-electron chi connectivity index (χ4n) is 1.28. The third-order valence-corrected chi connectivity index (χ3v) is 3.92. The molecule has 0 unspecified atom stereocenters. The highest BCUT2D eigenvalue weighted by Gasteiger charge is 2.07. The topological polar surface area (TPSA) is 37.8 Å². The van der Waals surface area contributed by atoms with E-state index in [4.69, 9.17) is 11.6 Å². The van der Waals surface area contributed by atoms with Crippen LogP contribution < -0.4 is 5.32 Å². The fraction of sp³-hybridized carbons (Fsp3) is 0.273. The van der Waals surface area contributed by atoms with Crippen LogP contribution in [-0.4, -0.2) is 16.0 Å². The Hall–Kier alpha value is -0.650. The summed E-state index contributed by atoms with van der Waals surface area (Å²) in [7, 11) is 0. The van der Waals surface area contributed by atoms with Crippen LogP contribution in [0.3, 0.4) is 0 Å². The molecule has 0 saturated carbocycles. The molecule has 17 heavy (non-hydrogen) atoms. The molecule has 0 radical (unpaired) electrons. The number of nitrogens with one attached hydrogen (secondary N) is 1. The minimum absolute atomic E-state index is 0.379. The number of pyridine rings is 1. The molecule has 0 aliphatic carbocycles. The highest BCUT2D eigenvalue weighted by molar-refractivity contribution is 9.10. The number of anilines is 1. The van der Waals surface area contributed by atoms with Crippen molar-refractivity contribution in [2.24, 2.45) is 0 Å². The zero-order chi connectivity index (χ0) is 12.4. The van der Waals surface area contributed by atoms with Gasteiger partial charge in [-0.1, -0.05) is 11.6 Å². The second kappa shape index (κ2) is 5.33. The first-order valence-electron chi connectivity index (χ1n) is 5.09. The molecule has 2 rings (SSSR count). The van der Waals surface area contributed by atoms with Crippen LogP contribution >= 0.6 is 38.9 Å². The van der Waals surface area contributed by atoms with Crippen LogP contribution in [-0.2, 0) is 0 Å². The van der Waals surface area contributed by atoms with Gasteiger partial charge in [0.2, 0.25) is 0 Å². The van der Waals surface area contributed by atoms with Gasteiger partial charge in [0.05, 0.1) is 10.2 Å². The van der Waals surface area contributed by atoms with E-state index >= 15 is 0 Å². The Balaban J connectivity index is 2.27. The average Bonchev–Trinajstić information content (AvgIpc) is 2.69. The van der Waals surface area contributed by atoms with E-state index in [0.29, 0.717) is 11.2 Å². The highest BCUT2D eigenvalue weighted by atomic mass is 79.9. The summed E-state index contributed by atoms with van der Waals surface area (Å²) in [5, 5.41) is 6.65. The largest absolute Gasteiger partial charge is 0.359 e. The van der Waals surface area contributed by atoms with Gasteiger partial charge in [-0.15, -0.1) is 11.3 Å². The van der Waals surface area contributed by atoms with E-state index in [1.807, 2.05) is 11.4 Å². The van der Waals surface area contributed by atoms with Crippen molar-refractivity contribution in [1.82, 2.24) is 9.97 Å². The summed E-state index contributed by atoms with van der Waals surface area (Å²) in [6.45, 7) is 4.17. The molecule has 2 aromatic heterocycles. The van der Waals surface area contributed by atoms with Crippen molar-refractivity contribution < 1.29 is 0 Å². The van der Waals surface area contributed by atoms with Gasteiger partial charge in [0.1, 0.15) is 5.15 Å². The Bertz CT molecular complexity index is 527. The lowest BCUT2D eigenvalue weighted by molar-refractivity contribution is 0.897. The van der Waals surface area contributed by atoms with E-state index in [1.165, 1.54) is 0 Å². The summed E-state index contributed by atoms with van der Waals surface area (Å²) in [5.41, 5.74) is 1.86. The second-order valence-electron chi connectivity index (χ2n) is 3.83. The smallest absolute Gasteiger partial charge is 0.183 e. The highest BCUT2D eigenvalue weighted by Crippen LogP contribution is 2.29. The van der Waals surface area contributed by atoms with E-state index in [-0.39, 0.29) is 0 Å². The summed E-state index contributed by atoms with van der Waals surface area (Å²) >= 11 is 10.8. The standard InChI is InChI=1S/C11H11BrClN3S/c1-6(2)15-11-16-9(5-17-11)7-3-8(12)10(13)14-4-7/h3-6H,1-2H3,(H,15,16). The summed E-state index contributed by atoms with van der Waals surface area (Å²) < 4.78 is 0.781. The number of halogens is 2. The van der Waals surface area contributed by atoms with Crippen LogP contribution in [0, 0.1) is 0 Å². The van der Waals surface area contributed by atoms with Gasteiger partial charge in [-0.2, -0.15) is 0 Å². The number of hydrogen-bond acceptors (Lipinski definition) is 4. The monoisotopic (exact) mass is 331 g/mol. The van der Waals surface area contributed by atoms with Crippen LogP contribution in [0.1, 0.15) is 13.8 Å². The summed E-state index contributed by atoms with van der Waals surface area (Å²) in [4.78, 5) is 8.58. The Kier molecular flexibility index (Phi) is 4.01. The molecule has 1 N–H and O–H groups in total. The molecule has 0 bridgehead atoms. The molecule has 90 valence electrons. The van der Waals surface area contributed by atoms with Crippen molar-refractivity contribution in [1.29, 1.82) is 0 Å². The zero-order valence-corrected chi connectivity index (χ0v) is 12.5. The van der Waals surface area contributed by atoms with Gasteiger partial charge in [-0.25, -0.2) is 9.97 Å². The lowest BCUT2D eigenvalue weighted by Crippen LogP contribution is -2.08. The van der Waals surface area contributed by atoms with Gasteiger partial charge in [-0.05, 0) is 35.8 Å². The second-order valence-corrected chi connectivity index (χ2v) is 5.90. The first-order chi connectivity index (χ1) is 8.06. The molecule has 0 aliphatic rings. The number of rotatable bonds is 3. The van der Waals surface area contributed by atoms with E-state index in [9.17, 15) is 0 Å². The van der Waals surface area contributed by atoms with Crippen molar-refractivity contribution in [2.75, 3.05) is 5.32 Å². The Labute approximate surface area is 117 Å². The maximum Gasteiger partial charge on any atom is 0.183 e. The van der Waals surface area contributed by atoms with Crippen LogP contribution in [0.4, 0.5) is 5.13 Å². The molecule has 0 atom stereocenters. The number of nitrogens with zero attached hydrogens (tertiary/aromatic N) is 2. The van der Waals surface area contributed by atoms with Gasteiger partial charge in [0.15, 0.2) is 5.13 Å². The third-order valence-electron chi connectivity index (χ3n) is 2.01. The molecule has 0 fully saturated rings. The van der Waals surface area contributed by atoms with Gasteiger partial charge >= 0.3 is 0 Å². The number of thiazole rings is 1. The maximum atomic E-state index is 5.85. The van der Waals surface area contributed by atoms with E-state index in [1.54, 1.807) is 17.5 Å². The van der Waals surface area contributed by atoms with Gasteiger partial charge < -0.3 is 5.32 Å². The predicted octanol–water partition coefficient (Wildman–Crippen LogP) is 4.44. The van der Waals surface area contributed by atoms with Gasteiger partial charge in [-0.3, -0.25) is 0 Å².